The highest BCUT2D eigenvalue weighted by molar-refractivity contribution is 5.72. The van der Waals surface area contributed by atoms with Gasteiger partial charge in [-0.25, -0.2) is 4.98 Å². The summed E-state index contributed by atoms with van der Waals surface area (Å²) in [6.07, 6.45) is 4.52. The third-order valence-electron chi connectivity index (χ3n) is 3.49. The number of likely N-dealkylation sites (N-methyl/N-ethyl adjacent to an activating group) is 2. The maximum atomic E-state index is 5.17. The molecule has 4 heteroatoms. The van der Waals surface area contributed by atoms with Crippen molar-refractivity contribution in [3.8, 4) is 5.88 Å². The average molecular weight is 259 g/mol. The van der Waals surface area contributed by atoms with E-state index in [1.54, 1.807) is 7.11 Å². The van der Waals surface area contributed by atoms with Gasteiger partial charge in [-0.3, -0.25) is 5.32 Å². The van der Waals surface area contributed by atoms with Crippen molar-refractivity contribution in [2.75, 3.05) is 21.2 Å². The summed E-state index contributed by atoms with van der Waals surface area (Å²) < 4.78 is 5.17. The smallest absolute Gasteiger partial charge is 0.213 e. The Kier molecular flexibility index (Phi) is 3.90. The topological polar surface area (TPSA) is 37.4 Å². The third-order valence-corrected chi connectivity index (χ3v) is 3.49. The van der Waals surface area contributed by atoms with Gasteiger partial charge in [0.1, 0.15) is 0 Å². The van der Waals surface area contributed by atoms with Gasteiger partial charge in [-0.2, -0.15) is 0 Å². The number of hydrogen-bond donors (Lipinski definition) is 1. The molecule has 1 aliphatic heterocycles. The Hall–Kier alpha value is -1.81. The van der Waals surface area contributed by atoms with E-state index in [9.17, 15) is 0 Å². The molecule has 102 valence electrons. The number of ether oxygens (including phenoxy) is 1. The van der Waals surface area contributed by atoms with Crippen molar-refractivity contribution in [2.24, 2.45) is 0 Å². The molecule has 1 unspecified atom stereocenters. The first kappa shape index (κ1) is 13.6. The van der Waals surface area contributed by atoms with Crippen LogP contribution in [0.3, 0.4) is 0 Å². The number of aromatic nitrogens is 1. The van der Waals surface area contributed by atoms with Gasteiger partial charge in [-0.05, 0) is 38.6 Å². The number of hydrogen-bond acceptors (Lipinski definition) is 4. The highest BCUT2D eigenvalue weighted by Gasteiger charge is 2.21. The molecule has 1 atom stereocenters. The van der Waals surface area contributed by atoms with Crippen LogP contribution in [-0.2, 0) is 0 Å². The summed E-state index contributed by atoms with van der Waals surface area (Å²) in [5.41, 5.74) is 4.56. The molecule has 0 saturated carbocycles. The molecule has 2 rings (SSSR count). The molecule has 4 nitrogen and oxygen atoms in total. The standard InChI is InChI=1S/C15H21N3O/c1-10-6-8-13(16-3)18(4)15(10)12-7-9-14(19-5)17-11(12)2/h6-9,13,16H,1-5H3. The Bertz CT molecular complexity index is 534. The van der Waals surface area contributed by atoms with Crippen LogP contribution in [0.4, 0.5) is 0 Å². The number of aryl methyl sites for hydroxylation is 1. The zero-order valence-corrected chi connectivity index (χ0v) is 12.2. The van der Waals surface area contributed by atoms with Gasteiger partial charge in [0, 0.05) is 24.4 Å². The number of rotatable bonds is 3. The Morgan fingerprint density at radius 1 is 1.32 bits per heavy atom. The van der Waals surface area contributed by atoms with E-state index in [1.165, 1.54) is 11.3 Å². The van der Waals surface area contributed by atoms with E-state index >= 15 is 0 Å². The number of methoxy groups -OCH3 is 1. The lowest BCUT2D eigenvalue weighted by Gasteiger charge is -2.34. The maximum absolute atomic E-state index is 5.17. The molecule has 0 aromatic carbocycles. The van der Waals surface area contributed by atoms with Gasteiger partial charge in [0.2, 0.25) is 5.88 Å². The minimum atomic E-state index is 0.209. The monoisotopic (exact) mass is 259 g/mol. The SMILES string of the molecule is CNC1C=CC(C)=C(c2ccc(OC)nc2C)N1C. The number of pyridine rings is 1. The molecule has 0 fully saturated rings. The van der Waals surface area contributed by atoms with E-state index in [1.807, 2.05) is 20.0 Å². The van der Waals surface area contributed by atoms with Crippen molar-refractivity contribution >= 4 is 5.70 Å². The molecule has 1 aromatic heterocycles. The normalized spacial score (nSPS) is 19.0. The molecule has 0 aliphatic carbocycles. The lowest BCUT2D eigenvalue weighted by molar-refractivity contribution is 0.358. The van der Waals surface area contributed by atoms with Crippen LogP contribution < -0.4 is 10.1 Å². The molecule has 2 heterocycles. The van der Waals surface area contributed by atoms with Crippen LogP contribution >= 0.6 is 0 Å². The maximum Gasteiger partial charge on any atom is 0.213 e. The predicted molar refractivity (Wildman–Crippen MR) is 77.9 cm³/mol. The molecule has 0 spiro atoms. The molecule has 0 amide bonds. The van der Waals surface area contributed by atoms with Crippen LogP contribution in [0, 0.1) is 6.92 Å². The van der Waals surface area contributed by atoms with Crippen LogP contribution in [0.1, 0.15) is 18.2 Å². The fourth-order valence-corrected chi connectivity index (χ4v) is 2.46. The highest BCUT2D eigenvalue weighted by Crippen LogP contribution is 2.30. The summed E-state index contributed by atoms with van der Waals surface area (Å²) in [7, 11) is 5.69. The van der Waals surface area contributed by atoms with Crippen molar-refractivity contribution < 1.29 is 4.74 Å². The minimum Gasteiger partial charge on any atom is -0.481 e. The summed E-state index contributed by atoms with van der Waals surface area (Å²) in [4.78, 5) is 6.69. The molecule has 0 bridgehead atoms. The fraction of sp³-hybridized carbons (Fsp3) is 0.400. The second-order valence-electron chi connectivity index (χ2n) is 4.72. The molecular formula is C15H21N3O. The van der Waals surface area contributed by atoms with Crippen molar-refractivity contribution in [3.05, 3.63) is 41.1 Å². The van der Waals surface area contributed by atoms with Gasteiger partial charge >= 0.3 is 0 Å². The molecule has 0 saturated heterocycles. The molecular weight excluding hydrogens is 238 g/mol. The molecule has 1 N–H and O–H groups in total. The van der Waals surface area contributed by atoms with Crippen LogP contribution in [0.25, 0.3) is 5.70 Å². The first-order valence-electron chi connectivity index (χ1n) is 6.39. The largest absolute Gasteiger partial charge is 0.481 e. The van der Waals surface area contributed by atoms with Crippen molar-refractivity contribution in [2.45, 2.75) is 20.0 Å². The quantitative estimate of drug-likeness (QED) is 0.903. The summed E-state index contributed by atoms with van der Waals surface area (Å²) in [6, 6.07) is 3.98. The van der Waals surface area contributed by atoms with Crippen molar-refractivity contribution in [3.63, 3.8) is 0 Å². The summed E-state index contributed by atoms with van der Waals surface area (Å²) in [5, 5.41) is 3.28. The van der Waals surface area contributed by atoms with Gasteiger partial charge in [-0.1, -0.05) is 6.08 Å². The summed E-state index contributed by atoms with van der Waals surface area (Å²) >= 11 is 0. The van der Waals surface area contributed by atoms with Crippen molar-refractivity contribution in [1.82, 2.24) is 15.2 Å². The molecule has 19 heavy (non-hydrogen) atoms. The third kappa shape index (κ3) is 2.49. The van der Waals surface area contributed by atoms with E-state index in [2.05, 4.69) is 47.4 Å². The van der Waals surface area contributed by atoms with Gasteiger partial charge in [-0.15, -0.1) is 0 Å². The number of allylic oxidation sites excluding steroid dienone is 2. The second kappa shape index (κ2) is 5.45. The summed E-state index contributed by atoms with van der Waals surface area (Å²) in [5.74, 6) is 0.652. The summed E-state index contributed by atoms with van der Waals surface area (Å²) in [6.45, 7) is 4.14. The highest BCUT2D eigenvalue weighted by atomic mass is 16.5. The van der Waals surface area contributed by atoms with Gasteiger partial charge < -0.3 is 9.64 Å². The molecule has 1 aliphatic rings. The van der Waals surface area contributed by atoms with Crippen LogP contribution in [0.5, 0.6) is 5.88 Å². The van der Waals surface area contributed by atoms with Crippen LogP contribution in [0.2, 0.25) is 0 Å². The predicted octanol–water partition coefficient (Wildman–Crippen LogP) is 2.18. The van der Waals surface area contributed by atoms with Gasteiger partial charge in [0.15, 0.2) is 0 Å². The lowest BCUT2D eigenvalue weighted by atomic mass is 10.0. The van der Waals surface area contributed by atoms with E-state index < -0.39 is 0 Å². The van der Waals surface area contributed by atoms with Crippen molar-refractivity contribution in [1.29, 1.82) is 0 Å². The van der Waals surface area contributed by atoms with Gasteiger partial charge in [0.25, 0.3) is 0 Å². The zero-order chi connectivity index (χ0) is 14.0. The first-order valence-corrected chi connectivity index (χ1v) is 6.39. The number of nitrogens with one attached hydrogen (secondary N) is 1. The van der Waals surface area contributed by atoms with Crippen LogP contribution in [0.15, 0.2) is 29.9 Å². The minimum absolute atomic E-state index is 0.209. The van der Waals surface area contributed by atoms with E-state index in [0.717, 1.165) is 11.3 Å². The Balaban J connectivity index is 2.47. The first-order chi connectivity index (χ1) is 9.08. The second-order valence-corrected chi connectivity index (χ2v) is 4.72. The van der Waals surface area contributed by atoms with Gasteiger partial charge in [0.05, 0.1) is 19.0 Å². The number of nitrogens with zero attached hydrogens (tertiary/aromatic N) is 2. The average Bonchev–Trinajstić information content (AvgIpc) is 2.40. The zero-order valence-electron chi connectivity index (χ0n) is 12.2. The Morgan fingerprint density at radius 2 is 2.05 bits per heavy atom. The molecule has 1 aromatic rings. The van der Waals surface area contributed by atoms with E-state index in [-0.39, 0.29) is 6.17 Å². The Morgan fingerprint density at radius 3 is 2.63 bits per heavy atom. The Labute approximate surface area is 114 Å². The lowest BCUT2D eigenvalue weighted by Crippen LogP contribution is -2.40. The van der Waals surface area contributed by atoms with E-state index in [0.29, 0.717) is 5.88 Å². The fourth-order valence-electron chi connectivity index (χ4n) is 2.46. The molecule has 0 radical (unpaired) electrons. The van der Waals surface area contributed by atoms with Crippen LogP contribution in [-0.4, -0.2) is 37.3 Å². The van der Waals surface area contributed by atoms with E-state index in [4.69, 9.17) is 4.74 Å².